The molecule has 0 radical (unpaired) electrons. The fraction of sp³-hybridized carbons (Fsp3) is 0.367. The van der Waals surface area contributed by atoms with Crippen molar-refractivity contribution in [2.75, 3.05) is 29.1 Å². The number of hydrogen-bond acceptors (Lipinski definition) is 3. The molecule has 188 valence electrons. The van der Waals surface area contributed by atoms with Crippen molar-refractivity contribution in [3.05, 3.63) is 94.6 Å². The van der Waals surface area contributed by atoms with Crippen LogP contribution in [0.1, 0.15) is 62.3 Å². The Morgan fingerprint density at radius 3 is 1.81 bits per heavy atom. The Kier molecular flexibility index (Phi) is 6.58. The van der Waals surface area contributed by atoms with Gasteiger partial charge in [0.1, 0.15) is 11.6 Å². The molecule has 1 N–H and O–H groups in total. The summed E-state index contributed by atoms with van der Waals surface area (Å²) in [5.74, 6) is 0.261. The number of hydrogen-bond donors (Lipinski definition) is 1. The third-order valence-corrected chi connectivity index (χ3v) is 9.00. The number of anilines is 2. The summed E-state index contributed by atoms with van der Waals surface area (Å²) in [5.41, 5.74) is 5.67. The second-order valence-corrected chi connectivity index (χ2v) is 11.4. The molecule has 2 aliphatic rings. The minimum Gasteiger partial charge on any atom is -0.371 e. The Hall–Kier alpha value is -2.86. The molecule has 3 aromatic carbocycles. The maximum Gasteiger partial charge on any atom is 0.283 e. The van der Waals surface area contributed by atoms with Gasteiger partial charge in [-0.25, -0.2) is 8.78 Å². The summed E-state index contributed by atoms with van der Waals surface area (Å²) in [6.07, 6.45) is 2.70. The van der Waals surface area contributed by atoms with Gasteiger partial charge in [0.2, 0.25) is 0 Å². The first-order chi connectivity index (χ1) is 17.2. The monoisotopic (exact) mass is 506 g/mol. The van der Waals surface area contributed by atoms with Crippen LogP contribution in [0.2, 0.25) is 0 Å². The van der Waals surface area contributed by atoms with E-state index in [1.165, 1.54) is 41.7 Å². The van der Waals surface area contributed by atoms with Gasteiger partial charge >= 0.3 is 0 Å². The van der Waals surface area contributed by atoms with Crippen LogP contribution in [-0.2, 0) is 10.8 Å². The number of amides is 1. The van der Waals surface area contributed by atoms with Crippen LogP contribution >= 0.6 is 11.8 Å². The van der Waals surface area contributed by atoms with Crippen LogP contribution in [0.3, 0.4) is 0 Å². The van der Waals surface area contributed by atoms with Gasteiger partial charge in [-0.2, -0.15) is 0 Å². The normalized spacial score (nSPS) is 22.8. The molecule has 6 heteroatoms. The van der Waals surface area contributed by atoms with Gasteiger partial charge in [-0.15, -0.1) is 0 Å². The van der Waals surface area contributed by atoms with E-state index in [1.54, 1.807) is 0 Å². The highest BCUT2D eigenvalue weighted by molar-refractivity contribution is 8.13. The number of nitrogens with one attached hydrogen (secondary N) is 1. The van der Waals surface area contributed by atoms with E-state index in [4.69, 9.17) is 0 Å². The van der Waals surface area contributed by atoms with Gasteiger partial charge in [0.15, 0.2) is 0 Å². The Bertz CT molecular complexity index is 1190. The van der Waals surface area contributed by atoms with Crippen LogP contribution in [0.15, 0.2) is 60.7 Å². The van der Waals surface area contributed by atoms with Gasteiger partial charge in [0.25, 0.3) is 5.24 Å². The molecule has 3 aromatic rings. The van der Waals surface area contributed by atoms with Gasteiger partial charge in [0, 0.05) is 41.0 Å². The summed E-state index contributed by atoms with van der Waals surface area (Å²) in [6, 6.07) is 17.8. The van der Waals surface area contributed by atoms with Gasteiger partial charge in [-0.1, -0.05) is 56.8 Å². The fourth-order valence-corrected chi connectivity index (χ4v) is 6.37. The van der Waals surface area contributed by atoms with Crippen LogP contribution in [0.4, 0.5) is 25.0 Å². The second-order valence-electron chi connectivity index (χ2n) is 10.3. The molecule has 3 nitrogen and oxygen atoms in total. The predicted octanol–water partition coefficient (Wildman–Crippen LogP) is 7.87. The number of carbonyl (C=O) groups excluding carboxylic acids is 1. The highest BCUT2D eigenvalue weighted by Crippen LogP contribution is 2.54. The molecule has 0 saturated heterocycles. The van der Waals surface area contributed by atoms with E-state index >= 15 is 0 Å². The van der Waals surface area contributed by atoms with Gasteiger partial charge in [-0.3, -0.25) is 4.79 Å². The van der Waals surface area contributed by atoms with Crippen LogP contribution in [0, 0.1) is 11.6 Å². The van der Waals surface area contributed by atoms with E-state index in [9.17, 15) is 13.6 Å². The maximum absolute atomic E-state index is 13.8. The average Bonchev–Trinajstić information content (AvgIpc) is 2.87. The SMILES string of the molecule is CCCSC(=O)Nc1cc2c3c(c1)[C@](C)(c1ccc(F)cc1)CCN3CC[C@@]2(C)c1ccc(F)cc1. The smallest absolute Gasteiger partial charge is 0.283 e. The van der Waals surface area contributed by atoms with E-state index in [0.29, 0.717) is 0 Å². The topological polar surface area (TPSA) is 32.3 Å². The minimum absolute atomic E-state index is 0.0700. The lowest BCUT2D eigenvalue weighted by Crippen LogP contribution is -2.47. The Morgan fingerprint density at radius 1 is 0.889 bits per heavy atom. The molecule has 2 aliphatic heterocycles. The lowest BCUT2D eigenvalue weighted by atomic mass is 9.64. The summed E-state index contributed by atoms with van der Waals surface area (Å²) in [5, 5.41) is 3.05. The summed E-state index contributed by atoms with van der Waals surface area (Å²) in [6.45, 7) is 8.28. The van der Waals surface area contributed by atoms with Gasteiger partial charge in [-0.05, 0) is 77.9 Å². The molecule has 2 heterocycles. The highest BCUT2D eigenvalue weighted by Gasteiger charge is 2.45. The molecule has 0 unspecified atom stereocenters. The highest BCUT2D eigenvalue weighted by atomic mass is 32.2. The molecule has 0 bridgehead atoms. The van der Waals surface area contributed by atoms with Gasteiger partial charge in [0.05, 0.1) is 0 Å². The van der Waals surface area contributed by atoms with Crippen LogP contribution in [-0.4, -0.2) is 24.1 Å². The molecule has 0 fully saturated rings. The zero-order chi connectivity index (χ0) is 25.5. The molecule has 1 amide bonds. The lowest BCUT2D eigenvalue weighted by Gasteiger charge is -2.50. The third kappa shape index (κ3) is 4.30. The standard InChI is InChI=1S/C30H32F2N2OS/c1-4-17-36-28(35)33-24-18-25-27-26(19-24)30(3,21-7-11-23(32)12-8-21)14-16-34(27)15-13-29(25,2)20-5-9-22(31)10-6-20/h5-12,18-19H,4,13-17H2,1-3H3,(H,33,35)/t29-,30-/m0/s1. The number of halogens is 2. The summed E-state index contributed by atoms with van der Waals surface area (Å²) in [7, 11) is 0. The quantitative estimate of drug-likeness (QED) is 0.382. The first kappa shape index (κ1) is 24.8. The number of carbonyl (C=O) groups is 1. The molecule has 36 heavy (non-hydrogen) atoms. The van der Waals surface area contributed by atoms with E-state index in [1.807, 2.05) is 24.3 Å². The van der Waals surface area contributed by atoms with Crippen molar-refractivity contribution < 1.29 is 13.6 Å². The number of thioether (sulfide) groups is 1. The first-order valence-electron chi connectivity index (χ1n) is 12.6. The average molecular weight is 507 g/mol. The number of nitrogens with zero attached hydrogens (tertiary/aromatic N) is 1. The van der Waals surface area contributed by atoms with Crippen LogP contribution in [0.25, 0.3) is 0 Å². The van der Waals surface area contributed by atoms with Gasteiger partial charge < -0.3 is 10.2 Å². The minimum atomic E-state index is -0.341. The third-order valence-electron chi connectivity index (χ3n) is 8.02. The van der Waals surface area contributed by atoms with Crippen molar-refractivity contribution in [2.24, 2.45) is 0 Å². The summed E-state index contributed by atoms with van der Waals surface area (Å²) in [4.78, 5) is 15.2. The molecule has 0 spiro atoms. The van der Waals surface area contributed by atoms with Crippen molar-refractivity contribution >= 4 is 28.4 Å². The molecular weight excluding hydrogens is 474 g/mol. The zero-order valence-electron chi connectivity index (χ0n) is 21.0. The molecule has 0 aliphatic carbocycles. The molecule has 5 rings (SSSR count). The number of rotatable bonds is 5. The Morgan fingerprint density at radius 2 is 1.36 bits per heavy atom. The maximum atomic E-state index is 13.8. The Labute approximate surface area is 216 Å². The molecule has 0 aromatic heterocycles. The lowest BCUT2D eigenvalue weighted by molar-refractivity contribution is 0.269. The van der Waals surface area contributed by atoms with Crippen molar-refractivity contribution in [3.8, 4) is 0 Å². The Balaban J connectivity index is 1.70. The van der Waals surface area contributed by atoms with E-state index in [0.717, 1.165) is 66.0 Å². The van der Waals surface area contributed by atoms with Crippen LogP contribution < -0.4 is 10.2 Å². The van der Waals surface area contributed by atoms with Crippen LogP contribution in [0.5, 0.6) is 0 Å². The van der Waals surface area contributed by atoms with Crippen molar-refractivity contribution in [3.63, 3.8) is 0 Å². The van der Waals surface area contributed by atoms with E-state index in [-0.39, 0.29) is 27.7 Å². The summed E-state index contributed by atoms with van der Waals surface area (Å²) < 4.78 is 27.6. The fourth-order valence-electron chi connectivity index (χ4n) is 5.79. The van der Waals surface area contributed by atoms with Crippen molar-refractivity contribution in [2.45, 2.75) is 50.9 Å². The van der Waals surface area contributed by atoms with Crippen molar-refractivity contribution in [1.82, 2.24) is 0 Å². The first-order valence-corrected chi connectivity index (χ1v) is 13.6. The molecular formula is C30H32F2N2OS. The molecule has 2 atom stereocenters. The predicted molar refractivity (Wildman–Crippen MR) is 145 cm³/mol. The molecule has 0 saturated carbocycles. The second kappa shape index (κ2) is 9.55. The van der Waals surface area contributed by atoms with Crippen molar-refractivity contribution in [1.29, 1.82) is 0 Å². The van der Waals surface area contributed by atoms with E-state index < -0.39 is 0 Å². The zero-order valence-corrected chi connectivity index (χ0v) is 21.9. The largest absolute Gasteiger partial charge is 0.371 e. The van der Waals surface area contributed by atoms with E-state index in [2.05, 4.69) is 43.1 Å². The number of benzene rings is 3. The summed E-state index contributed by atoms with van der Waals surface area (Å²) >= 11 is 1.29.